The van der Waals surface area contributed by atoms with Crippen molar-refractivity contribution >= 4 is 21.6 Å². The number of amides is 1. The smallest absolute Gasteiger partial charge is 0.261 e. The van der Waals surface area contributed by atoms with Gasteiger partial charge in [0.25, 0.3) is 15.9 Å². The standard InChI is InChI=1S/C24H26N2O3S/c1-17-12-14-21(15-13-17)30(28,29)26-23-11-7-10-22(19(23)3)24(27)25-16-18(2)20-8-5-4-6-9-20/h4-15,18,26H,16H2,1-3H3,(H,25,27)/t18-/m0/s1. The predicted molar refractivity (Wildman–Crippen MR) is 120 cm³/mol. The first-order valence-corrected chi connectivity index (χ1v) is 11.3. The Kier molecular flexibility index (Phi) is 6.57. The Morgan fingerprint density at radius 3 is 2.23 bits per heavy atom. The predicted octanol–water partition coefficient (Wildman–Crippen LogP) is 4.64. The molecule has 0 fully saturated rings. The fraction of sp³-hybridized carbons (Fsp3) is 0.208. The molecule has 0 unspecified atom stereocenters. The fourth-order valence-corrected chi connectivity index (χ4v) is 4.28. The van der Waals surface area contributed by atoms with Crippen molar-refractivity contribution < 1.29 is 13.2 Å². The second-order valence-corrected chi connectivity index (χ2v) is 9.10. The Hall–Kier alpha value is -3.12. The van der Waals surface area contributed by atoms with Gasteiger partial charge in [-0.1, -0.05) is 61.0 Å². The van der Waals surface area contributed by atoms with Crippen LogP contribution in [0.2, 0.25) is 0 Å². The summed E-state index contributed by atoms with van der Waals surface area (Å²) in [6.45, 7) is 6.17. The van der Waals surface area contributed by atoms with E-state index >= 15 is 0 Å². The lowest BCUT2D eigenvalue weighted by atomic mass is 10.0. The monoisotopic (exact) mass is 422 g/mol. The fourth-order valence-electron chi connectivity index (χ4n) is 3.15. The van der Waals surface area contributed by atoms with Gasteiger partial charge in [-0.25, -0.2) is 8.42 Å². The molecule has 0 saturated heterocycles. The third-order valence-corrected chi connectivity index (χ3v) is 6.47. The highest BCUT2D eigenvalue weighted by atomic mass is 32.2. The molecule has 0 spiro atoms. The van der Waals surface area contributed by atoms with E-state index in [1.165, 1.54) is 0 Å². The van der Waals surface area contributed by atoms with Crippen LogP contribution in [0.1, 0.15) is 39.9 Å². The van der Waals surface area contributed by atoms with Crippen LogP contribution in [0.5, 0.6) is 0 Å². The van der Waals surface area contributed by atoms with Crippen LogP contribution in [0.25, 0.3) is 0 Å². The summed E-state index contributed by atoms with van der Waals surface area (Å²) in [7, 11) is -3.74. The van der Waals surface area contributed by atoms with E-state index in [9.17, 15) is 13.2 Å². The Morgan fingerprint density at radius 1 is 0.900 bits per heavy atom. The summed E-state index contributed by atoms with van der Waals surface area (Å²) in [5, 5.41) is 2.95. The van der Waals surface area contributed by atoms with Gasteiger partial charge in [-0.15, -0.1) is 0 Å². The molecule has 2 N–H and O–H groups in total. The Balaban J connectivity index is 1.74. The molecule has 1 amide bonds. The van der Waals surface area contributed by atoms with E-state index in [0.29, 0.717) is 23.4 Å². The van der Waals surface area contributed by atoms with Crippen molar-refractivity contribution in [1.29, 1.82) is 0 Å². The summed E-state index contributed by atoms with van der Waals surface area (Å²) in [4.78, 5) is 12.9. The van der Waals surface area contributed by atoms with Crippen LogP contribution in [0.4, 0.5) is 5.69 Å². The van der Waals surface area contributed by atoms with Gasteiger partial charge in [0.05, 0.1) is 10.6 Å². The molecule has 0 radical (unpaired) electrons. The number of carbonyl (C=O) groups excluding carboxylic acids is 1. The van der Waals surface area contributed by atoms with Gasteiger partial charge in [0, 0.05) is 12.1 Å². The molecule has 0 heterocycles. The van der Waals surface area contributed by atoms with Gasteiger partial charge in [-0.2, -0.15) is 0 Å². The van der Waals surface area contributed by atoms with Gasteiger partial charge in [-0.05, 0) is 55.2 Å². The van der Waals surface area contributed by atoms with Crippen LogP contribution < -0.4 is 10.0 Å². The SMILES string of the molecule is Cc1ccc(S(=O)(=O)Nc2cccc(C(=O)NC[C@H](C)c3ccccc3)c2C)cc1. The van der Waals surface area contributed by atoms with Gasteiger partial charge < -0.3 is 5.32 Å². The highest BCUT2D eigenvalue weighted by Gasteiger charge is 2.18. The second-order valence-electron chi connectivity index (χ2n) is 7.42. The molecular weight excluding hydrogens is 396 g/mol. The first-order valence-electron chi connectivity index (χ1n) is 9.80. The third kappa shape index (κ3) is 5.07. The molecule has 30 heavy (non-hydrogen) atoms. The largest absolute Gasteiger partial charge is 0.351 e. The number of carbonyl (C=O) groups is 1. The van der Waals surface area contributed by atoms with E-state index in [0.717, 1.165) is 11.1 Å². The third-order valence-electron chi connectivity index (χ3n) is 5.09. The van der Waals surface area contributed by atoms with E-state index in [1.807, 2.05) is 37.3 Å². The lowest BCUT2D eigenvalue weighted by Gasteiger charge is -2.16. The van der Waals surface area contributed by atoms with Crippen LogP contribution in [-0.2, 0) is 10.0 Å². The Morgan fingerprint density at radius 2 is 1.57 bits per heavy atom. The van der Waals surface area contributed by atoms with Gasteiger partial charge >= 0.3 is 0 Å². The number of aryl methyl sites for hydroxylation is 1. The van der Waals surface area contributed by atoms with E-state index < -0.39 is 10.0 Å². The average Bonchev–Trinajstić information content (AvgIpc) is 2.74. The van der Waals surface area contributed by atoms with Crippen molar-refractivity contribution in [2.45, 2.75) is 31.6 Å². The number of rotatable bonds is 7. The molecule has 3 aromatic rings. The number of sulfonamides is 1. The maximum atomic E-state index is 12.7. The molecule has 0 saturated carbocycles. The van der Waals surface area contributed by atoms with Gasteiger partial charge in [0.2, 0.25) is 0 Å². The zero-order valence-corrected chi connectivity index (χ0v) is 18.2. The number of benzene rings is 3. The number of nitrogens with one attached hydrogen (secondary N) is 2. The molecule has 0 aliphatic rings. The quantitative estimate of drug-likeness (QED) is 0.583. The van der Waals surface area contributed by atoms with Gasteiger partial charge in [-0.3, -0.25) is 9.52 Å². The van der Waals surface area contributed by atoms with Gasteiger partial charge in [0.15, 0.2) is 0 Å². The molecule has 156 valence electrons. The molecule has 3 aromatic carbocycles. The maximum absolute atomic E-state index is 12.7. The molecule has 0 aliphatic carbocycles. The highest BCUT2D eigenvalue weighted by molar-refractivity contribution is 7.92. The first kappa shape index (κ1) is 21.6. The molecule has 6 heteroatoms. The number of hydrogen-bond donors (Lipinski definition) is 2. The van der Waals surface area contributed by atoms with Crippen LogP contribution >= 0.6 is 0 Å². The zero-order valence-electron chi connectivity index (χ0n) is 17.3. The molecular formula is C24H26N2O3S. The van der Waals surface area contributed by atoms with E-state index in [2.05, 4.69) is 17.0 Å². The van der Waals surface area contributed by atoms with Crippen molar-refractivity contribution in [3.05, 3.63) is 95.1 Å². The minimum Gasteiger partial charge on any atom is -0.351 e. The zero-order chi connectivity index (χ0) is 21.7. The van der Waals surface area contributed by atoms with Crippen molar-refractivity contribution in [3.8, 4) is 0 Å². The van der Waals surface area contributed by atoms with Crippen molar-refractivity contribution in [1.82, 2.24) is 5.32 Å². The van der Waals surface area contributed by atoms with Gasteiger partial charge in [0.1, 0.15) is 0 Å². The van der Waals surface area contributed by atoms with Crippen molar-refractivity contribution in [2.24, 2.45) is 0 Å². The molecule has 0 aliphatic heterocycles. The summed E-state index contributed by atoms with van der Waals surface area (Å²) >= 11 is 0. The van der Waals surface area contributed by atoms with Crippen LogP contribution in [0, 0.1) is 13.8 Å². The number of hydrogen-bond acceptors (Lipinski definition) is 3. The molecule has 1 atom stereocenters. The van der Waals surface area contributed by atoms with Crippen molar-refractivity contribution in [3.63, 3.8) is 0 Å². The van der Waals surface area contributed by atoms with Crippen molar-refractivity contribution in [2.75, 3.05) is 11.3 Å². The minimum absolute atomic E-state index is 0.165. The summed E-state index contributed by atoms with van der Waals surface area (Å²) in [5.74, 6) is -0.0645. The molecule has 0 aromatic heterocycles. The highest BCUT2D eigenvalue weighted by Crippen LogP contribution is 2.23. The van der Waals surface area contributed by atoms with Crippen LogP contribution in [0.15, 0.2) is 77.7 Å². The normalized spacial score (nSPS) is 12.2. The molecule has 3 rings (SSSR count). The summed E-state index contributed by atoms with van der Waals surface area (Å²) in [6, 6.07) is 21.6. The topological polar surface area (TPSA) is 75.3 Å². The van der Waals surface area contributed by atoms with E-state index in [4.69, 9.17) is 0 Å². The lowest BCUT2D eigenvalue weighted by molar-refractivity contribution is 0.0951. The Bertz CT molecular complexity index is 1120. The van der Waals surface area contributed by atoms with E-state index in [-0.39, 0.29) is 16.7 Å². The number of anilines is 1. The minimum atomic E-state index is -3.74. The molecule has 0 bridgehead atoms. The summed E-state index contributed by atoms with van der Waals surface area (Å²) < 4.78 is 28.0. The molecule has 5 nitrogen and oxygen atoms in total. The summed E-state index contributed by atoms with van der Waals surface area (Å²) in [6.07, 6.45) is 0. The summed E-state index contributed by atoms with van der Waals surface area (Å²) in [5.41, 5.74) is 3.54. The average molecular weight is 423 g/mol. The van der Waals surface area contributed by atoms with E-state index in [1.54, 1.807) is 49.4 Å². The maximum Gasteiger partial charge on any atom is 0.261 e. The lowest BCUT2D eigenvalue weighted by Crippen LogP contribution is -2.28. The van der Waals surface area contributed by atoms with Crippen LogP contribution in [0.3, 0.4) is 0 Å². The Labute approximate surface area is 178 Å². The van der Waals surface area contributed by atoms with Crippen LogP contribution in [-0.4, -0.2) is 20.9 Å². The first-order chi connectivity index (χ1) is 14.3. The second kappa shape index (κ2) is 9.13.